The van der Waals surface area contributed by atoms with Gasteiger partial charge in [-0.15, -0.1) is 0 Å². The van der Waals surface area contributed by atoms with Crippen molar-refractivity contribution in [3.05, 3.63) is 51.7 Å². The first-order chi connectivity index (χ1) is 13.1. The Balaban J connectivity index is 1.56. The van der Waals surface area contributed by atoms with Crippen LogP contribution in [0.25, 0.3) is 0 Å². The molecule has 1 fully saturated rings. The van der Waals surface area contributed by atoms with Gasteiger partial charge in [0.1, 0.15) is 5.75 Å². The average Bonchev–Trinajstić information content (AvgIpc) is 3.05. The molecule has 0 aliphatic carbocycles. The quantitative estimate of drug-likeness (QED) is 0.763. The van der Waals surface area contributed by atoms with Crippen LogP contribution in [0.1, 0.15) is 48.4 Å². The maximum Gasteiger partial charge on any atom is 0.258 e. The summed E-state index contributed by atoms with van der Waals surface area (Å²) in [6.45, 7) is 6.93. The molecular weight excluding hydrogens is 356 g/mol. The third-order valence-corrected chi connectivity index (χ3v) is 5.91. The number of nitrogens with zero attached hydrogens (tertiary/aromatic N) is 1. The molecule has 1 atom stereocenters. The van der Waals surface area contributed by atoms with E-state index in [0.717, 1.165) is 30.0 Å². The van der Waals surface area contributed by atoms with Crippen LogP contribution in [0.2, 0.25) is 0 Å². The fraction of sp³-hybridized carbons (Fsp3) is 0.500. The topological polar surface area (TPSA) is 41.6 Å². The van der Waals surface area contributed by atoms with Crippen molar-refractivity contribution in [3.8, 4) is 5.75 Å². The molecule has 0 bridgehead atoms. The summed E-state index contributed by atoms with van der Waals surface area (Å²) in [7, 11) is 0. The van der Waals surface area contributed by atoms with Crippen LogP contribution in [0, 0.1) is 13.8 Å². The summed E-state index contributed by atoms with van der Waals surface area (Å²) in [5, 5.41) is 7.41. The van der Waals surface area contributed by atoms with Gasteiger partial charge in [-0.3, -0.25) is 9.69 Å². The number of carbonyl (C=O) groups excluding carboxylic acids is 1. The molecule has 0 saturated carbocycles. The molecule has 3 rings (SSSR count). The molecule has 27 heavy (non-hydrogen) atoms. The summed E-state index contributed by atoms with van der Waals surface area (Å²) in [4.78, 5) is 14.9. The van der Waals surface area contributed by atoms with Crippen molar-refractivity contribution in [3.63, 3.8) is 0 Å². The van der Waals surface area contributed by atoms with Gasteiger partial charge in [0.05, 0.1) is 6.04 Å². The highest BCUT2D eigenvalue weighted by Crippen LogP contribution is 2.25. The van der Waals surface area contributed by atoms with E-state index in [0.29, 0.717) is 6.54 Å². The molecule has 2 heterocycles. The van der Waals surface area contributed by atoms with Crippen molar-refractivity contribution in [1.29, 1.82) is 0 Å². The minimum atomic E-state index is -0.0639. The number of hydrogen-bond acceptors (Lipinski definition) is 4. The van der Waals surface area contributed by atoms with Crippen LogP contribution in [-0.2, 0) is 4.79 Å². The zero-order valence-electron chi connectivity index (χ0n) is 16.4. The highest BCUT2D eigenvalue weighted by atomic mass is 32.1. The maximum absolute atomic E-state index is 12.4. The van der Waals surface area contributed by atoms with Gasteiger partial charge in [0.15, 0.2) is 6.61 Å². The molecule has 1 N–H and O–H groups in total. The summed E-state index contributed by atoms with van der Waals surface area (Å²) >= 11 is 1.72. The number of benzene rings is 1. The molecule has 1 amide bonds. The Kier molecular flexibility index (Phi) is 7.30. The summed E-state index contributed by atoms with van der Waals surface area (Å²) in [5.74, 6) is 0.720. The van der Waals surface area contributed by atoms with Crippen molar-refractivity contribution in [2.75, 3.05) is 26.2 Å². The lowest BCUT2D eigenvalue weighted by Crippen LogP contribution is -2.40. The van der Waals surface area contributed by atoms with E-state index in [1.165, 1.54) is 31.2 Å². The van der Waals surface area contributed by atoms with E-state index >= 15 is 0 Å². The lowest BCUT2D eigenvalue weighted by atomic mass is 10.1. The van der Waals surface area contributed by atoms with Crippen LogP contribution in [0.5, 0.6) is 5.75 Å². The van der Waals surface area contributed by atoms with Crippen molar-refractivity contribution in [2.45, 2.75) is 45.6 Å². The fourth-order valence-corrected chi connectivity index (χ4v) is 4.30. The molecule has 1 aromatic heterocycles. The van der Waals surface area contributed by atoms with E-state index in [1.807, 2.05) is 26.0 Å². The number of hydrogen-bond donors (Lipinski definition) is 1. The Bertz CT molecular complexity index is 722. The number of carbonyl (C=O) groups is 1. The Morgan fingerprint density at radius 2 is 1.96 bits per heavy atom. The van der Waals surface area contributed by atoms with E-state index in [2.05, 4.69) is 33.1 Å². The van der Waals surface area contributed by atoms with Gasteiger partial charge in [0.2, 0.25) is 0 Å². The molecule has 0 radical (unpaired) electrons. The highest BCUT2D eigenvalue weighted by molar-refractivity contribution is 7.07. The summed E-state index contributed by atoms with van der Waals surface area (Å²) in [5.41, 5.74) is 3.49. The van der Waals surface area contributed by atoms with Gasteiger partial charge < -0.3 is 10.1 Å². The predicted molar refractivity (Wildman–Crippen MR) is 112 cm³/mol. The normalized spacial score (nSPS) is 16.5. The molecule has 1 aliphatic heterocycles. The number of amides is 1. The zero-order chi connectivity index (χ0) is 19.1. The Morgan fingerprint density at radius 3 is 2.67 bits per heavy atom. The highest BCUT2D eigenvalue weighted by Gasteiger charge is 2.22. The molecular formula is C22H30N2O2S. The number of rotatable bonds is 7. The number of nitrogens with one attached hydrogen (secondary N) is 1. The molecule has 4 nitrogen and oxygen atoms in total. The molecule has 146 valence electrons. The molecule has 0 spiro atoms. The second-order valence-electron chi connectivity index (χ2n) is 7.38. The molecule has 2 aromatic rings. The minimum absolute atomic E-state index is 0.0562. The largest absolute Gasteiger partial charge is 0.483 e. The molecule has 5 heteroatoms. The fourth-order valence-electron chi connectivity index (χ4n) is 3.60. The number of ether oxygens (including phenoxy) is 1. The smallest absolute Gasteiger partial charge is 0.258 e. The first kappa shape index (κ1) is 19.9. The SMILES string of the molecule is Cc1ccc(C)c(OCC(=O)NCC(c2ccsc2)N2CCCCCC2)c1. The first-order valence-electron chi connectivity index (χ1n) is 9.86. The van der Waals surface area contributed by atoms with Crippen molar-refractivity contribution in [1.82, 2.24) is 10.2 Å². The first-order valence-corrected chi connectivity index (χ1v) is 10.8. The lowest BCUT2D eigenvalue weighted by Gasteiger charge is -2.30. The summed E-state index contributed by atoms with van der Waals surface area (Å²) in [6, 6.07) is 8.48. The Labute approximate surface area is 166 Å². The monoisotopic (exact) mass is 386 g/mol. The maximum atomic E-state index is 12.4. The molecule has 1 aliphatic rings. The van der Waals surface area contributed by atoms with E-state index in [1.54, 1.807) is 11.3 Å². The Hall–Kier alpha value is -1.85. The number of aryl methyl sites for hydroxylation is 2. The van der Waals surface area contributed by atoms with E-state index in [-0.39, 0.29) is 18.6 Å². The standard InChI is InChI=1S/C22H30N2O2S/c1-17-7-8-18(2)21(13-17)26-15-22(25)23-14-20(19-9-12-27-16-19)24-10-5-3-4-6-11-24/h7-9,12-13,16,20H,3-6,10-11,14-15H2,1-2H3,(H,23,25). The average molecular weight is 387 g/mol. The van der Waals surface area contributed by atoms with Crippen molar-refractivity contribution in [2.24, 2.45) is 0 Å². The van der Waals surface area contributed by atoms with Gasteiger partial charge in [-0.25, -0.2) is 0 Å². The molecule has 1 aromatic carbocycles. The van der Waals surface area contributed by atoms with Crippen LogP contribution in [-0.4, -0.2) is 37.0 Å². The van der Waals surface area contributed by atoms with Gasteiger partial charge >= 0.3 is 0 Å². The van der Waals surface area contributed by atoms with Crippen LogP contribution >= 0.6 is 11.3 Å². The third kappa shape index (κ3) is 5.81. The Morgan fingerprint density at radius 1 is 1.19 bits per heavy atom. The van der Waals surface area contributed by atoms with Crippen molar-refractivity contribution >= 4 is 17.2 Å². The van der Waals surface area contributed by atoms with Crippen LogP contribution in [0.15, 0.2) is 35.0 Å². The third-order valence-electron chi connectivity index (χ3n) is 5.20. The zero-order valence-corrected chi connectivity index (χ0v) is 17.2. The van der Waals surface area contributed by atoms with Crippen LogP contribution < -0.4 is 10.1 Å². The van der Waals surface area contributed by atoms with Gasteiger partial charge in [0, 0.05) is 6.54 Å². The van der Waals surface area contributed by atoms with Gasteiger partial charge in [0.25, 0.3) is 5.91 Å². The minimum Gasteiger partial charge on any atom is -0.483 e. The van der Waals surface area contributed by atoms with Gasteiger partial charge in [-0.1, -0.05) is 25.0 Å². The second kappa shape index (κ2) is 9.90. The number of thiophene rings is 1. The molecule has 1 unspecified atom stereocenters. The van der Waals surface area contributed by atoms with E-state index in [9.17, 15) is 4.79 Å². The number of likely N-dealkylation sites (tertiary alicyclic amines) is 1. The van der Waals surface area contributed by atoms with Crippen LogP contribution in [0.3, 0.4) is 0 Å². The van der Waals surface area contributed by atoms with Crippen molar-refractivity contribution < 1.29 is 9.53 Å². The van der Waals surface area contributed by atoms with Gasteiger partial charge in [-0.05, 0) is 79.4 Å². The van der Waals surface area contributed by atoms with E-state index in [4.69, 9.17) is 4.74 Å². The van der Waals surface area contributed by atoms with Crippen LogP contribution in [0.4, 0.5) is 0 Å². The molecule has 1 saturated heterocycles. The predicted octanol–water partition coefficient (Wildman–Crippen LogP) is 4.48. The van der Waals surface area contributed by atoms with E-state index < -0.39 is 0 Å². The second-order valence-corrected chi connectivity index (χ2v) is 8.16. The lowest BCUT2D eigenvalue weighted by molar-refractivity contribution is -0.123. The summed E-state index contributed by atoms with van der Waals surface area (Å²) in [6.07, 6.45) is 5.10. The van der Waals surface area contributed by atoms with Gasteiger partial charge in [-0.2, -0.15) is 11.3 Å². The summed E-state index contributed by atoms with van der Waals surface area (Å²) < 4.78 is 5.74.